The molecule has 0 atom stereocenters. The molecule has 1 heterocycles. The van der Waals surface area contributed by atoms with Crippen molar-refractivity contribution < 1.29 is 9.52 Å². The summed E-state index contributed by atoms with van der Waals surface area (Å²) in [5.74, 6) is 0.375. The molecule has 0 bridgehead atoms. The maximum Gasteiger partial charge on any atom is 0.157 e. The van der Waals surface area contributed by atoms with Crippen molar-refractivity contribution in [3.05, 3.63) is 74.7 Å². The van der Waals surface area contributed by atoms with Crippen molar-refractivity contribution in [3.8, 4) is 28.2 Å². The van der Waals surface area contributed by atoms with Gasteiger partial charge in [-0.25, -0.2) is 0 Å². The van der Waals surface area contributed by atoms with E-state index in [0.717, 1.165) is 27.8 Å². The van der Waals surface area contributed by atoms with Crippen molar-refractivity contribution in [2.45, 2.75) is 13.8 Å². The van der Waals surface area contributed by atoms with Gasteiger partial charge in [0.05, 0.1) is 10.4 Å². The van der Waals surface area contributed by atoms with Gasteiger partial charge < -0.3 is 9.52 Å². The molecule has 2 nitrogen and oxygen atoms in total. The van der Waals surface area contributed by atoms with E-state index in [9.17, 15) is 5.11 Å². The molecule has 0 aliphatic heterocycles. The number of furan rings is 1. The summed E-state index contributed by atoms with van der Waals surface area (Å²) in [6, 6.07) is 16.0. The summed E-state index contributed by atoms with van der Waals surface area (Å²) in [7, 11) is 0. The van der Waals surface area contributed by atoms with Gasteiger partial charge in [-0.3, -0.25) is 0 Å². The fraction of sp³-hybridized carbons (Fsp3) is 0.0909. The van der Waals surface area contributed by atoms with Crippen LogP contribution >= 0.6 is 34.8 Å². The average Bonchev–Trinajstić information content (AvgIpc) is 3.06. The summed E-state index contributed by atoms with van der Waals surface area (Å²) < 4.78 is 6.15. The van der Waals surface area contributed by atoms with Crippen LogP contribution in [0.2, 0.25) is 15.1 Å². The molecule has 0 fully saturated rings. The predicted octanol–water partition coefficient (Wildman–Crippen LogP) is 8.05. The quantitative estimate of drug-likeness (QED) is 0.335. The number of hydrogen-bond acceptors (Lipinski definition) is 2. The highest BCUT2D eigenvalue weighted by Crippen LogP contribution is 2.51. The first kappa shape index (κ1) is 18.2. The van der Waals surface area contributed by atoms with Gasteiger partial charge in [0.1, 0.15) is 15.8 Å². The fourth-order valence-electron chi connectivity index (χ4n) is 3.12. The van der Waals surface area contributed by atoms with Gasteiger partial charge in [-0.05, 0) is 19.4 Å². The molecule has 0 aliphatic rings. The Kier molecular flexibility index (Phi) is 4.59. The molecule has 0 radical (unpaired) electrons. The van der Waals surface area contributed by atoms with E-state index in [1.54, 1.807) is 0 Å². The molecule has 0 unspecified atom stereocenters. The topological polar surface area (TPSA) is 33.4 Å². The van der Waals surface area contributed by atoms with Gasteiger partial charge in [-0.1, -0.05) is 94.5 Å². The van der Waals surface area contributed by atoms with Crippen molar-refractivity contribution >= 4 is 45.8 Å². The molecule has 4 rings (SSSR count). The lowest BCUT2D eigenvalue weighted by atomic mass is 9.97. The van der Waals surface area contributed by atoms with Crippen LogP contribution in [0.15, 0.2) is 52.9 Å². The summed E-state index contributed by atoms with van der Waals surface area (Å²) in [5, 5.41) is 11.1. The number of aromatic hydroxyl groups is 1. The minimum absolute atomic E-state index is 0.0196. The minimum atomic E-state index is -0.250. The summed E-state index contributed by atoms with van der Waals surface area (Å²) >= 11 is 19.0. The highest BCUT2D eigenvalue weighted by atomic mass is 35.5. The Balaban J connectivity index is 2.15. The first-order valence-electron chi connectivity index (χ1n) is 8.34. The number of benzene rings is 3. The Bertz CT molecular complexity index is 1160. The van der Waals surface area contributed by atoms with Gasteiger partial charge in [-0.15, -0.1) is 0 Å². The molecule has 1 aromatic heterocycles. The van der Waals surface area contributed by atoms with Crippen LogP contribution in [0.25, 0.3) is 33.4 Å². The zero-order valence-electron chi connectivity index (χ0n) is 14.6. The van der Waals surface area contributed by atoms with Gasteiger partial charge in [0.15, 0.2) is 11.3 Å². The Morgan fingerprint density at radius 3 is 1.78 bits per heavy atom. The third-order valence-electron chi connectivity index (χ3n) is 4.59. The van der Waals surface area contributed by atoms with E-state index in [2.05, 4.69) is 0 Å². The number of hydrogen-bond donors (Lipinski definition) is 1. The highest BCUT2D eigenvalue weighted by molar-refractivity contribution is 6.49. The lowest BCUT2D eigenvalue weighted by molar-refractivity contribution is 0.476. The largest absolute Gasteiger partial charge is 0.505 e. The maximum atomic E-state index is 10.3. The first-order valence-corrected chi connectivity index (χ1v) is 9.48. The smallest absolute Gasteiger partial charge is 0.157 e. The van der Waals surface area contributed by atoms with Crippen LogP contribution in [0.1, 0.15) is 11.1 Å². The van der Waals surface area contributed by atoms with Crippen molar-refractivity contribution in [1.29, 1.82) is 0 Å². The van der Waals surface area contributed by atoms with Crippen LogP contribution in [-0.4, -0.2) is 5.11 Å². The molecule has 0 saturated heterocycles. The average molecular weight is 418 g/mol. The second kappa shape index (κ2) is 6.79. The Morgan fingerprint density at radius 2 is 1.22 bits per heavy atom. The molecule has 0 saturated carbocycles. The van der Waals surface area contributed by atoms with Crippen molar-refractivity contribution in [1.82, 2.24) is 0 Å². The van der Waals surface area contributed by atoms with Crippen molar-refractivity contribution in [3.63, 3.8) is 0 Å². The van der Waals surface area contributed by atoms with E-state index < -0.39 is 0 Å². The zero-order valence-corrected chi connectivity index (χ0v) is 16.9. The molecule has 3 aromatic carbocycles. The molecule has 1 N–H and O–H groups in total. The number of phenols is 1. The molecule has 136 valence electrons. The third kappa shape index (κ3) is 2.98. The molecular formula is C22H15Cl3O2. The van der Waals surface area contributed by atoms with Gasteiger partial charge >= 0.3 is 0 Å². The summed E-state index contributed by atoms with van der Waals surface area (Å²) in [5.41, 5.74) is 5.20. The minimum Gasteiger partial charge on any atom is -0.505 e. The van der Waals surface area contributed by atoms with E-state index >= 15 is 0 Å². The Morgan fingerprint density at radius 1 is 0.704 bits per heavy atom. The number of aryl methyl sites for hydroxylation is 2. The lowest BCUT2D eigenvalue weighted by Crippen LogP contribution is -1.84. The monoisotopic (exact) mass is 416 g/mol. The molecule has 0 amide bonds. The number of phenolic OH excluding ortho intramolecular Hbond substituents is 1. The predicted molar refractivity (Wildman–Crippen MR) is 113 cm³/mol. The Hall–Kier alpha value is -2.13. The normalized spacial score (nSPS) is 11.3. The van der Waals surface area contributed by atoms with E-state index in [1.165, 1.54) is 0 Å². The van der Waals surface area contributed by atoms with E-state index in [4.69, 9.17) is 39.2 Å². The van der Waals surface area contributed by atoms with Crippen LogP contribution in [0.4, 0.5) is 0 Å². The molecule has 0 aliphatic carbocycles. The summed E-state index contributed by atoms with van der Waals surface area (Å²) in [4.78, 5) is 0. The van der Waals surface area contributed by atoms with Gasteiger partial charge in [0, 0.05) is 11.1 Å². The van der Waals surface area contributed by atoms with Gasteiger partial charge in [0.25, 0.3) is 0 Å². The maximum absolute atomic E-state index is 10.3. The fourth-order valence-corrected chi connectivity index (χ4v) is 3.84. The zero-order chi connectivity index (χ0) is 19.3. The highest BCUT2D eigenvalue weighted by Gasteiger charge is 2.26. The second-order valence-corrected chi connectivity index (χ2v) is 7.67. The summed E-state index contributed by atoms with van der Waals surface area (Å²) in [6.07, 6.45) is 0. The van der Waals surface area contributed by atoms with E-state index in [-0.39, 0.29) is 20.8 Å². The SMILES string of the molecule is Cc1ccc(-c2oc3c(Cl)c(Cl)c(O)c(Cl)c3c2-c2ccc(C)cc2)cc1. The first-order chi connectivity index (χ1) is 12.9. The second-order valence-electron chi connectivity index (χ2n) is 6.53. The molecule has 0 spiro atoms. The van der Waals surface area contributed by atoms with Crippen LogP contribution in [0, 0.1) is 13.8 Å². The molecule has 5 heteroatoms. The standard InChI is InChI=1S/C22H15Cl3O2/c1-11-3-7-13(8-4-11)15-16-17(23)20(26)18(24)19(25)22(16)27-21(15)14-9-5-12(2)6-10-14/h3-10,26H,1-2H3. The van der Waals surface area contributed by atoms with E-state index in [1.807, 2.05) is 62.4 Å². The van der Waals surface area contributed by atoms with E-state index in [0.29, 0.717) is 16.7 Å². The molecular weight excluding hydrogens is 403 g/mol. The van der Waals surface area contributed by atoms with Gasteiger partial charge in [-0.2, -0.15) is 0 Å². The van der Waals surface area contributed by atoms with Crippen LogP contribution in [0.5, 0.6) is 5.75 Å². The van der Waals surface area contributed by atoms with Crippen LogP contribution < -0.4 is 0 Å². The van der Waals surface area contributed by atoms with Crippen molar-refractivity contribution in [2.75, 3.05) is 0 Å². The number of halogens is 3. The Labute approximate surface area is 171 Å². The molecule has 27 heavy (non-hydrogen) atoms. The van der Waals surface area contributed by atoms with Crippen molar-refractivity contribution in [2.24, 2.45) is 0 Å². The lowest BCUT2D eigenvalue weighted by Gasteiger charge is -2.07. The van der Waals surface area contributed by atoms with Gasteiger partial charge in [0.2, 0.25) is 0 Å². The summed E-state index contributed by atoms with van der Waals surface area (Å²) in [6.45, 7) is 4.04. The number of fused-ring (bicyclic) bond motifs is 1. The van der Waals surface area contributed by atoms with Crippen LogP contribution in [-0.2, 0) is 0 Å². The number of rotatable bonds is 2. The molecule has 4 aromatic rings. The van der Waals surface area contributed by atoms with Crippen LogP contribution in [0.3, 0.4) is 0 Å². The third-order valence-corrected chi connectivity index (χ3v) is 5.78.